The number of hydrogen-bond acceptors (Lipinski definition) is 4. The van der Waals surface area contributed by atoms with E-state index in [9.17, 15) is 13.2 Å². The predicted molar refractivity (Wildman–Crippen MR) is 88.7 cm³/mol. The SMILES string of the molecule is CC(=O)N1CCc2ccc(S(=O)(=O)N3CC[C@@H](N)C[C@H]3C)cc21. The number of benzene rings is 1. The lowest BCUT2D eigenvalue weighted by atomic mass is 10.0. The molecule has 0 saturated carbocycles. The van der Waals surface area contributed by atoms with Crippen molar-refractivity contribution in [2.75, 3.05) is 18.0 Å². The van der Waals surface area contributed by atoms with Gasteiger partial charge in [-0.15, -0.1) is 0 Å². The zero-order valence-electron chi connectivity index (χ0n) is 13.5. The third-order valence-electron chi connectivity index (χ3n) is 4.79. The molecule has 2 aliphatic heterocycles. The van der Waals surface area contributed by atoms with Gasteiger partial charge < -0.3 is 10.6 Å². The summed E-state index contributed by atoms with van der Waals surface area (Å²) in [6.07, 6.45) is 2.11. The zero-order valence-corrected chi connectivity index (χ0v) is 14.3. The number of nitrogens with two attached hydrogens (primary N) is 1. The molecule has 0 radical (unpaired) electrons. The van der Waals surface area contributed by atoms with Crippen LogP contribution in [0.4, 0.5) is 5.69 Å². The second-order valence-electron chi connectivity index (χ2n) is 6.46. The lowest BCUT2D eigenvalue weighted by Crippen LogP contribution is -2.48. The number of anilines is 1. The summed E-state index contributed by atoms with van der Waals surface area (Å²) in [6, 6.07) is 5.07. The molecule has 1 amide bonds. The summed E-state index contributed by atoms with van der Waals surface area (Å²) in [6.45, 7) is 4.46. The van der Waals surface area contributed by atoms with Crippen LogP contribution >= 0.6 is 0 Å². The molecule has 0 aromatic heterocycles. The van der Waals surface area contributed by atoms with Crippen molar-refractivity contribution in [1.82, 2.24) is 4.31 Å². The van der Waals surface area contributed by atoms with E-state index in [0.717, 1.165) is 17.7 Å². The highest BCUT2D eigenvalue weighted by Gasteiger charge is 2.34. The Balaban J connectivity index is 1.95. The number of carbonyl (C=O) groups excluding carboxylic acids is 1. The molecule has 0 bridgehead atoms. The second kappa shape index (κ2) is 5.89. The van der Waals surface area contributed by atoms with E-state index >= 15 is 0 Å². The molecule has 1 aromatic rings. The average molecular weight is 337 g/mol. The molecule has 23 heavy (non-hydrogen) atoms. The first-order valence-electron chi connectivity index (χ1n) is 7.99. The maximum Gasteiger partial charge on any atom is 0.243 e. The van der Waals surface area contributed by atoms with Crippen LogP contribution in [0.2, 0.25) is 0 Å². The van der Waals surface area contributed by atoms with E-state index in [1.165, 1.54) is 11.2 Å². The monoisotopic (exact) mass is 337 g/mol. The summed E-state index contributed by atoms with van der Waals surface area (Å²) in [7, 11) is -3.57. The highest BCUT2D eigenvalue weighted by atomic mass is 32.2. The summed E-state index contributed by atoms with van der Waals surface area (Å²) in [5, 5.41) is 0. The molecule has 7 heteroatoms. The summed E-state index contributed by atoms with van der Waals surface area (Å²) < 4.78 is 27.5. The van der Waals surface area contributed by atoms with E-state index in [2.05, 4.69) is 0 Å². The van der Waals surface area contributed by atoms with Gasteiger partial charge in [-0.25, -0.2) is 8.42 Å². The smallest absolute Gasteiger partial charge is 0.243 e. The maximum atomic E-state index is 13.0. The molecule has 1 saturated heterocycles. The molecule has 6 nitrogen and oxygen atoms in total. The van der Waals surface area contributed by atoms with Crippen LogP contribution in [-0.2, 0) is 21.2 Å². The van der Waals surface area contributed by atoms with E-state index in [1.54, 1.807) is 17.0 Å². The van der Waals surface area contributed by atoms with E-state index in [0.29, 0.717) is 25.9 Å². The summed E-state index contributed by atoms with van der Waals surface area (Å²) >= 11 is 0. The normalized spacial score (nSPS) is 25.4. The van der Waals surface area contributed by atoms with Crippen molar-refractivity contribution >= 4 is 21.6 Å². The Hall–Kier alpha value is -1.44. The first-order chi connectivity index (χ1) is 10.8. The van der Waals surface area contributed by atoms with Crippen LogP contribution in [0.25, 0.3) is 0 Å². The molecule has 1 aromatic carbocycles. The summed E-state index contributed by atoms with van der Waals surface area (Å²) in [4.78, 5) is 13.6. The van der Waals surface area contributed by atoms with Crippen molar-refractivity contribution in [2.24, 2.45) is 5.73 Å². The minimum atomic E-state index is -3.57. The van der Waals surface area contributed by atoms with Crippen molar-refractivity contribution < 1.29 is 13.2 Å². The van der Waals surface area contributed by atoms with E-state index in [1.807, 2.05) is 13.0 Å². The Morgan fingerprint density at radius 1 is 1.30 bits per heavy atom. The third-order valence-corrected chi connectivity index (χ3v) is 6.80. The minimum absolute atomic E-state index is 0.0596. The number of rotatable bonds is 2. The van der Waals surface area contributed by atoms with Crippen molar-refractivity contribution in [1.29, 1.82) is 0 Å². The fourth-order valence-electron chi connectivity index (χ4n) is 3.53. The summed E-state index contributed by atoms with van der Waals surface area (Å²) in [5.41, 5.74) is 7.67. The van der Waals surface area contributed by atoms with Crippen molar-refractivity contribution in [3.05, 3.63) is 23.8 Å². The molecule has 2 aliphatic rings. The molecule has 1 fully saturated rings. The fourth-order valence-corrected chi connectivity index (χ4v) is 5.20. The lowest BCUT2D eigenvalue weighted by Gasteiger charge is -2.35. The Kier molecular flexibility index (Phi) is 4.20. The Morgan fingerprint density at radius 2 is 2.04 bits per heavy atom. The van der Waals surface area contributed by atoms with Gasteiger partial charge in [0, 0.05) is 37.8 Å². The number of carbonyl (C=O) groups is 1. The molecule has 2 atom stereocenters. The van der Waals surface area contributed by atoms with E-state index in [-0.39, 0.29) is 22.9 Å². The molecule has 0 spiro atoms. The molecule has 126 valence electrons. The fraction of sp³-hybridized carbons (Fsp3) is 0.562. The van der Waals surface area contributed by atoms with Crippen molar-refractivity contribution in [2.45, 2.75) is 50.1 Å². The van der Waals surface area contributed by atoms with Gasteiger partial charge >= 0.3 is 0 Å². The molecule has 0 aliphatic carbocycles. The van der Waals surface area contributed by atoms with Gasteiger partial charge in [0.2, 0.25) is 15.9 Å². The van der Waals surface area contributed by atoms with E-state index < -0.39 is 10.0 Å². The average Bonchev–Trinajstić information content (AvgIpc) is 2.89. The van der Waals surface area contributed by atoms with Crippen LogP contribution in [0, 0.1) is 0 Å². The number of piperidine rings is 1. The van der Waals surface area contributed by atoms with Crippen LogP contribution in [0.1, 0.15) is 32.3 Å². The Labute approximate surface area is 137 Å². The van der Waals surface area contributed by atoms with Crippen molar-refractivity contribution in [3.63, 3.8) is 0 Å². The minimum Gasteiger partial charge on any atom is -0.328 e. The zero-order chi connectivity index (χ0) is 16.8. The topological polar surface area (TPSA) is 83.7 Å². The van der Waals surface area contributed by atoms with Crippen LogP contribution in [0.15, 0.2) is 23.1 Å². The number of sulfonamides is 1. The van der Waals surface area contributed by atoms with Gasteiger partial charge in [0.1, 0.15) is 0 Å². The first-order valence-corrected chi connectivity index (χ1v) is 9.43. The molecule has 2 N–H and O–H groups in total. The second-order valence-corrected chi connectivity index (χ2v) is 8.35. The predicted octanol–water partition coefficient (Wildman–Crippen LogP) is 1.10. The molecule has 0 unspecified atom stereocenters. The highest BCUT2D eigenvalue weighted by Crippen LogP contribution is 2.33. The molecule has 3 rings (SSSR count). The van der Waals surface area contributed by atoms with Gasteiger partial charge in [-0.3, -0.25) is 4.79 Å². The van der Waals surface area contributed by atoms with Gasteiger partial charge in [0.15, 0.2) is 0 Å². The van der Waals surface area contributed by atoms with Gasteiger partial charge in [0.25, 0.3) is 0 Å². The van der Waals surface area contributed by atoms with Gasteiger partial charge in [-0.1, -0.05) is 6.07 Å². The molecular formula is C16H23N3O3S. The quantitative estimate of drug-likeness (QED) is 0.876. The Bertz CT molecular complexity index is 732. The number of hydrogen-bond donors (Lipinski definition) is 1. The Morgan fingerprint density at radius 3 is 2.70 bits per heavy atom. The number of fused-ring (bicyclic) bond motifs is 1. The van der Waals surface area contributed by atoms with Gasteiger partial charge in [0.05, 0.1) is 4.90 Å². The van der Waals surface area contributed by atoms with Gasteiger partial charge in [-0.2, -0.15) is 4.31 Å². The lowest BCUT2D eigenvalue weighted by molar-refractivity contribution is -0.116. The third kappa shape index (κ3) is 2.88. The summed E-state index contributed by atoms with van der Waals surface area (Å²) in [5.74, 6) is -0.0596. The highest BCUT2D eigenvalue weighted by molar-refractivity contribution is 7.89. The van der Waals surface area contributed by atoms with Crippen LogP contribution in [0.3, 0.4) is 0 Å². The van der Waals surface area contributed by atoms with Crippen LogP contribution in [0.5, 0.6) is 0 Å². The van der Waals surface area contributed by atoms with Gasteiger partial charge in [-0.05, 0) is 43.9 Å². The largest absolute Gasteiger partial charge is 0.328 e. The van der Waals surface area contributed by atoms with Crippen LogP contribution < -0.4 is 10.6 Å². The van der Waals surface area contributed by atoms with Crippen LogP contribution in [-0.4, -0.2) is 43.8 Å². The molecular weight excluding hydrogens is 314 g/mol. The molecule has 2 heterocycles. The standard InChI is InChI=1S/C16H23N3O3S/c1-11-9-14(17)6-8-19(11)23(21,22)15-4-3-13-5-7-18(12(2)20)16(13)10-15/h3-4,10-11,14H,5-9,17H2,1-2H3/t11-,14-/m1/s1. The first kappa shape index (κ1) is 16.4. The number of amides is 1. The maximum absolute atomic E-state index is 13.0. The van der Waals surface area contributed by atoms with Crippen molar-refractivity contribution in [3.8, 4) is 0 Å². The van der Waals surface area contributed by atoms with E-state index in [4.69, 9.17) is 5.73 Å². The number of nitrogens with zero attached hydrogens (tertiary/aromatic N) is 2.